The maximum absolute atomic E-state index is 12.9. The first-order valence-corrected chi connectivity index (χ1v) is 11.1. The zero-order valence-corrected chi connectivity index (χ0v) is 19.4. The van der Waals surface area contributed by atoms with Gasteiger partial charge in [-0.2, -0.15) is 0 Å². The minimum Gasteiger partial charge on any atom is -0.450 e. The number of anilines is 1. The summed E-state index contributed by atoms with van der Waals surface area (Å²) in [5.74, 6) is -0.314. The molecule has 0 radical (unpaired) electrons. The number of hydrogen-bond acceptors (Lipinski definition) is 10. The minimum absolute atomic E-state index is 0.110. The molecule has 3 aromatic carbocycles. The number of nitrogens with zero attached hydrogens (tertiary/aromatic N) is 4. The number of non-ortho nitro benzene ring substituents is 2. The molecular weight excluding hydrogens is 512 g/mol. The largest absolute Gasteiger partial charge is 0.450 e. The summed E-state index contributed by atoms with van der Waals surface area (Å²) in [6, 6.07) is 14.8. The van der Waals surface area contributed by atoms with Crippen molar-refractivity contribution in [1.29, 1.82) is 0 Å². The molecule has 180 valence electrons. The van der Waals surface area contributed by atoms with Crippen LogP contribution in [0.25, 0.3) is 6.08 Å². The fraction of sp³-hybridized carbons (Fsp3) is 0. The Bertz CT molecular complexity index is 1460. The normalized spacial score (nSPS) is 14.2. The van der Waals surface area contributed by atoms with Crippen LogP contribution in [-0.4, -0.2) is 25.0 Å². The molecule has 36 heavy (non-hydrogen) atoms. The molecule has 0 N–H and O–H groups in total. The van der Waals surface area contributed by atoms with Crippen molar-refractivity contribution in [2.45, 2.75) is 0 Å². The highest BCUT2D eigenvalue weighted by Gasteiger charge is 2.33. The first kappa shape index (κ1) is 24.4. The van der Waals surface area contributed by atoms with Crippen molar-refractivity contribution >= 4 is 63.0 Å². The van der Waals surface area contributed by atoms with Crippen LogP contribution in [0.3, 0.4) is 0 Å². The molecule has 0 saturated carbocycles. The SMILES string of the molecule is O=C1C(=Cc2ccc(Oc3ccc([N+](=O)[O-])cc3[N+](=O)[O-])cc2)SC(=S)N1c1ccc([N+](=O)[O-])cc1. The van der Waals surface area contributed by atoms with E-state index in [1.165, 1.54) is 41.3 Å². The van der Waals surface area contributed by atoms with Gasteiger partial charge >= 0.3 is 5.69 Å². The maximum Gasteiger partial charge on any atom is 0.318 e. The van der Waals surface area contributed by atoms with Crippen LogP contribution in [0.5, 0.6) is 11.5 Å². The third-order valence-electron chi connectivity index (χ3n) is 4.87. The van der Waals surface area contributed by atoms with E-state index in [1.54, 1.807) is 18.2 Å². The molecule has 1 heterocycles. The number of amides is 1. The van der Waals surface area contributed by atoms with Gasteiger partial charge in [-0.25, -0.2) is 0 Å². The second kappa shape index (κ2) is 9.89. The summed E-state index contributed by atoms with van der Waals surface area (Å²) >= 11 is 6.38. The number of thioether (sulfide) groups is 1. The van der Waals surface area contributed by atoms with Crippen molar-refractivity contribution in [3.8, 4) is 11.5 Å². The molecule has 4 rings (SSSR count). The summed E-state index contributed by atoms with van der Waals surface area (Å²) in [7, 11) is 0. The first-order valence-electron chi connectivity index (χ1n) is 9.87. The van der Waals surface area contributed by atoms with E-state index in [2.05, 4.69) is 0 Å². The van der Waals surface area contributed by atoms with Gasteiger partial charge in [0.1, 0.15) is 5.75 Å². The highest BCUT2D eigenvalue weighted by atomic mass is 32.2. The molecule has 1 aliphatic heterocycles. The van der Waals surface area contributed by atoms with Crippen LogP contribution in [0.1, 0.15) is 5.56 Å². The van der Waals surface area contributed by atoms with Gasteiger partial charge in [-0.3, -0.25) is 40.0 Å². The van der Waals surface area contributed by atoms with Crippen molar-refractivity contribution in [2.24, 2.45) is 0 Å². The van der Waals surface area contributed by atoms with Crippen molar-refractivity contribution in [3.05, 3.63) is 108 Å². The van der Waals surface area contributed by atoms with E-state index < -0.39 is 26.1 Å². The van der Waals surface area contributed by atoms with Crippen LogP contribution >= 0.6 is 24.0 Å². The van der Waals surface area contributed by atoms with Gasteiger partial charge in [0.25, 0.3) is 17.3 Å². The number of carbonyl (C=O) groups excluding carboxylic acids is 1. The smallest absolute Gasteiger partial charge is 0.318 e. The molecular formula is C22H12N4O8S2. The number of nitro groups is 3. The number of ether oxygens (including phenoxy) is 1. The van der Waals surface area contributed by atoms with E-state index in [-0.39, 0.29) is 27.4 Å². The van der Waals surface area contributed by atoms with Gasteiger partial charge in [0, 0.05) is 18.2 Å². The lowest BCUT2D eigenvalue weighted by Gasteiger charge is -2.13. The maximum atomic E-state index is 12.9. The van der Waals surface area contributed by atoms with Crippen molar-refractivity contribution < 1.29 is 24.3 Å². The lowest BCUT2D eigenvalue weighted by Crippen LogP contribution is -2.27. The molecule has 1 amide bonds. The van der Waals surface area contributed by atoms with Crippen LogP contribution in [0, 0.1) is 30.3 Å². The van der Waals surface area contributed by atoms with E-state index in [4.69, 9.17) is 17.0 Å². The molecule has 0 bridgehead atoms. The van der Waals surface area contributed by atoms with E-state index in [0.29, 0.717) is 16.2 Å². The van der Waals surface area contributed by atoms with Crippen molar-refractivity contribution in [3.63, 3.8) is 0 Å². The Morgan fingerprint density at radius 3 is 2.03 bits per heavy atom. The van der Waals surface area contributed by atoms with Gasteiger partial charge in [-0.15, -0.1) is 0 Å². The molecule has 12 nitrogen and oxygen atoms in total. The summed E-state index contributed by atoms with van der Waals surface area (Å²) in [6.07, 6.45) is 1.60. The zero-order chi connectivity index (χ0) is 26.0. The van der Waals surface area contributed by atoms with E-state index in [9.17, 15) is 35.1 Å². The van der Waals surface area contributed by atoms with Crippen LogP contribution in [0.15, 0.2) is 71.6 Å². The Kier molecular flexibility index (Phi) is 6.71. The summed E-state index contributed by atoms with van der Waals surface area (Å²) in [4.78, 5) is 45.5. The highest BCUT2D eigenvalue weighted by molar-refractivity contribution is 8.27. The monoisotopic (exact) mass is 524 g/mol. The lowest BCUT2D eigenvalue weighted by atomic mass is 10.2. The Morgan fingerprint density at radius 1 is 0.833 bits per heavy atom. The topological polar surface area (TPSA) is 159 Å². The molecule has 1 fully saturated rings. The molecule has 0 aliphatic carbocycles. The third kappa shape index (κ3) is 5.03. The van der Waals surface area contributed by atoms with E-state index in [1.807, 2.05) is 0 Å². The average molecular weight is 524 g/mol. The summed E-state index contributed by atoms with van der Waals surface area (Å²) in [6.45, 7) is 0. The Hall–Kier alpha value is -4.69. The molecule has 1 saturated heterocycles. The van der Waals surface area contributed by atoms with Crippen molar-refractivity contribution in [2.75, 3.05) is 4.90 Å². The molecule has 0 atom stereocenters. The Labute approximate surface area is 211 Å². The quantitative estimate of drug-likeness (QED) is 0.164. The standard InChI is InChI=1S/C22H12N4O8S2/c27-21-20(36-22(35)23(21)14-3-5-15(6-4-14)24(28)29)11-13-1-8-17(9-2-13)34-19-10-7-16(25(30)31)12-18(19)26(32)33/h1-12H. The van der Waals surface area contributed by atoms with Crippen LogP contribution in [0.4, 0.5) is 22.7 Å². The number of rotatable bonds is 7. The van der Waals surface area contributed by atoms with E-state index >= 15 is 0 Å². The molecule has 3 aromatic rings. The second-order valence-corrected chi connectivity index (χ2v) is 8.80. The zero-order valence-electron chi connectivity index (χ0n) is 17.8. The van der Waals surface area contributed by atoms with Gasteiger partial charge < -0.3 is 4.74 Å². The Morgan fingerprint density at radius 2 is 1.44 bits per heavy atom. The molecule has 0 spiro atoms. The van der Waals surface area contributed by atoms with Crippen molar-refractivity contribution in [1.82, 2.24) is 0 Å². The number of benzene rings is 3. The minimum atomic E-state index is -0.774. The number of thiocarbonyl (C=S) groups is 1. The first-order chi connectivity index (χ1) is 17.1. The summed E-state index contributed by atoms with van der Waals surface area (Å²) in [5, 5.41) is 33.0. The second-order valence-electron chi connectivity index (χ2n) is 7.13. The van der Waals surface area contributed by atoms with Gasteiger partial charge in [-0.05, 0) is 42.0 Å². The molecule has 0 unspecified atom stereocenters. The summed E-state index contributed by atoms with van der Waals surface area (Å²) in [5.41, 5.74) is -0.0792. The fourth-order valence-corrected chi connectivity index (χ4v) is 4.47. The molecule has 0 aromatic heterocycles. The predicted molar refractivity (Wildman–Crippen MR) is 135 cm³/mol. The number of nitro benzene ring substituents is 3. The van der Waals surface area contributed by atoms with Gasteiger partial charge in [0.15, 0.2) is 4.32 Å². The Balaban J connectivity index is 1.52. The number of carbonyl (C=O) groups is 1. The van der Waals surface area contributed by atoms with Gasteiger partial charge in [0.05, 0.1) is 31.4 Å². The molecule has 1 aliphatic rings. The fourth-order valence-electron chi connectivity index (χ4n) is 3.17. The van der Waals surface area contributed by atoms with Gasteiger partial charge in [-0.1, -0.05) is 36.1 Å². The van der Waals surface area contributed by atoms with Gasteiger partial charge in [0.2, 0.25) is 5.75 Å². The van der Waals surface area contributed by atoms with Crippen LogP contribution in [-0.2, 0) is 4.79 Å². The lowest BCUT2D eigenvalue weighted by molar-refractivity contribution is -0.394. The number of hydrogen-bond donors (Lipinski definition) is 0. The third-order valence-corrected chi connectivity index (χ3v) is 6.17. The highest BCUT2D eigenvalue weighted by Crippen LogP contribution is 2.37. The van der Waals surface area contributed by atoms with E-state index in [0.717, 1.165) is 30.0 Å². The van der Waals surface area contributed by atoms with Crippen LogP contribution < -0.4 is 9.64 Å². The summed E-state index contributed by atoms with van der Waals surface area (Å²) < 4.78 is 5.81. The predicted octanol–water partition coefficient (Wildman–Crippen LogP) is 5.61. The molecule has 14 heteroatoms. The van der Waals surface area contributed by atoms with Crippen LogP contribution in [0.2, 0.25) is 0 Å². The average Bonchev–Trinajstić information content (AvgIpc) is 3.12.